The molecular formula is C18H29F3N2O3. The van der Waals surface area contributed by atoms with Gasteiger partial charge >= 0.3 is 6.18 Å². The van der Waals surface area contributed by atoms with Crippen LogP contribution in [-0.2, 0) is 14.3 Å². The third-order valence-corrected chi connectivity index (χ3v) is 6.03. The summed E-state index contributed by atoms with van der Waals surface area (Å²) < 4.78 is 50.7. The first kappa shape index (κ1) is 19.9. The Kier molecular flexibility index (Phi) is 6.80. The lowest BCUT2D eigenvalue weighted by atomic mass is 9.78. The van der Waals surface area contributed by atoms with Crippen molar-refractivity contribution in [3.05, 3.63) is 0 Å². The van der Waals surface area contributed by atoms with Gasteiger partial charge in [-0.25, -0.2) is 0 Å². The van der Waals surface area contributed by atoms with E-state index in [9.17, 15) is 18.0 Å². The predicted octanol–water partition coefficient (Wildman–Crippen LogP) is 2.21. The number of alkyl halides is 3. The first-order valence-corrected chi connectivity index (χ1v) is 9.71. The maximum atomic E-state index is 13.3. The number of ether oxygens (including phenoxy) is 2. The molecule has 3 rings (SSSR count). The average Bonchev–Trinajstić information content (AvgIpc) is 3.16. The van der Waals surface area contributed by atoms with E-state index in [1.54, 1.807) is 0 Å². The SMILES string of the molecule is O=C(NCC(C1CCOC1)N1CCOCC1)C1CCCCC1C(F)(F)F. The highest BCUT2D eigenvalue weighted by Crippen LogP contribution is 2.41. The molecule has 4 unspecified atom stereocenters. The van der Waals surface area contributed by atoms with Crippen LogP contribution in [0.25, 0.3) is 0 Å². The lowest BCUT2D eigenvalue weighted by molar-refractivity contribution is -0.198. The Morgan fingerprint density at radius 1 is 1.08 bits per heavy atom. The molecule has 2 saturated heterocycles. The van der Waals surface area contributed by atoms with Gasteiger partial charge in [0, 0.05) is 44.1 Å². The largest absolute Gasteiger partial charge is 0.392 e. The topological polar surface area (TPSA) is 50.8 Å². The number of hydrogen-bond acceptors (Lipinski definition) is 4. The molecular weight excluding hydrogens is 349 g/mol. The minimum atomic E-state index is -4.30. The van der Waals surface area contributed by atoms with Crippen LogP contribution in [0, 0.1) is 17.8 Å². The molecule has 1 saturated carbocycles. The monoisotopic (exact) mass is 378 g/mol. The highest BCUT2D eigenvalue weighted by molar-refractivity contribution is 5.79. The fourth-order valence-corrected chi connectivity index (χ4v) is 4.53. The van der Waals surface area contributed by atoms with Gasteiger partial charge in [0.15, 0.2) is 0 Å². The van der Waals surface area contributed by atoms with Crippen LogP contribution < -0.4 is 5.32 Å². The van der Waals surface area contributed by atoms with Crippen LogP contribution in [0.5, 0.6) is 0 Å². The molecule has 3 aliphatic rings. The number of nitrogens with zero attached hydrogens (tertiary/aromatic N) is 1. The summed E-state index contributed by atoms with van der Waals surface area (Å²) in [6.07, 6.45) is -1.76. The Morgan fingerprint density at radius 3 is 2.46 bits per heavy atom. The van der Waals surface area contributed by atoms with E-state index < -0.39 is 23.9 Å². The van der Waals surface area contributed by atoms with Gasteiger partial charge in [0.05, 0.1) is 25.7 Å². The van der Waals surface area contributed by atoms with Crippen molar-refractivity contribution in [2.24, 2.45) is 17.8 Å². The molecule has 0 aromatic carbocycles. The molecule has 1 N–H and O–H groups in total. The summed E-state index contributed by atoms with van der Waals surface area (Å²) >= 11 is 0. The number of morpholine rings is 1. The minimum Gasteiger partial charge on any atom is -0.381 e. The lowest BCUT2D eigenvalue weighted by Gasteiger charge is -2.38. The zero-order chi connectivity index (χ0) is 18.6. The fourth-order valence-electron chi connectivity index (χ4n) is 4.53. The van der Waals surface area contributed by atoms with Crippen molar-refractivity contribution in [3.8, 4) is 0 Å². The number of nitrogens with one attached hydrogen (secondary N) is 1. The Hall–Kier alpha value is -0.860. The summed E-state index contributed by atoms with van der Waals surface area (Å²) in [5, 5.41) is 2.85. The molecule has 0 bridgehead atoms. The molecule has 5 nitrogen and oxygen atoms in total. The van der Waals surface area contributed by atoms with Gasteiger partial charge in [0.1, 0.15) is 0 Å². The Bertz CT molecular complexity index is 463. The second-order valence-corrected chi connectivity index (χ2v) is 7.62. The van der Waals surface area contributed by atoms with Crippen LogP contribution in [-0.4, -0.2) is 69.1 Å². The summed E-state index contributed by atoms with van der Waals surface area (Å²) in [6, 6.07) is 0.0956. The maximum Gasteiger partial charge on any atom is 0.392 e. The van der Waals surface area contributed by atoms with Crippen molar-refractivity contribution in [1.29, 1.82) is 0 Å². The number of halogens is 3. The molecule has 8 heteroatoms. The van der Waals surface area contributed by atoms with Gasteiger partial charge in [0.25, 0.3) is 0 Å². The van der Waals surface area contributed by atoms with Crippen molar-refractivity contribution in [2.75, 3.05) is 46.1 Å². The Morgan fingerprint density at radius 2 is 1.81 bits per heavy atom. The first-order chi connectivity index (χ1) is 12.5. The van der Waals surface area contributed by atoms with Crippen LogP contribution in [0.3, 0.4) is 0 Å². The van der Waals surface area contributed by atoms with E-state index >= 15 is 0 Å². The zero-order valence-electron chi connectivity index (χ0n) is 15.1. The van der Waals surface area contributed by atoms with Crippen LogP contribution in [0.4, 0.5) is 13.2 Å². The van der Waals surface area contributed by atoms with E-state index in [1.807, 2.05) is 0 Å². The van der Waals surface area contributed by atoms with Crippen molar-refractivity contribution in [3.63, 3.8) is 0 Å². The van der Waals surface area contributed by atoms with Gasteiger partial charge in [-0.1, -0.05) is 12.8 Å². The molecule has 4 atom stereocenters. The first-order valence-electron chi connectivity index (χ1n) is 9.71. The molecule has 26 heavy (non-hydrogen) atoms. The molecule has 0 spiro atoms. The van der Waals surface area contributed by atoms with Gasteiger partial charge in [-0.3, -0.25) is 9.69 Å². The van der Waals surface area contributed by atoms with Crippen LogP contribution in [0.15, 0.2) is 0 Å². The minimum absolute atomic E-state index is 0.0605. The summed E-state index contributed by atoms with van der Waals surface area (Å²) in [6.45, 7) is 4.60. The quantitative estimate of drug-likeness (QED) is 0.797. The van der Waals surface area contributed by atoms with Gasteiger partial charge in [-0.15, -0.1) is 0 Å². The van der Waals surface area contributed by atoms with Crippen molar-refractivity contribution >= 4 is 5.91 Å². The van der Waals surface area contributed by atoms with E-state index in [2.05, 4.69) is 10.2 Å². The van der Waals surface area contributed by atoms with Crippen molar-refractivity contribution in [2.45, 2.75) is 44.3 Å². The Labute approximate surface area is 152 Å². The van der Waals surface area contributed by atoms with Crippen LogP contribution >= 0.6 is 0 Å². The van der Waals surface area contributed by atoms with Crippen molar-refractivity contribution < 1.29 is 27.4 Å². The highest BCUT2D eigenvalue weighted by Gasteiger charge is 2.48. The van der Waals surface area contributed by atoms with E-state index in [1.165, 1.54) is 0 Å². The summed E-state index contributed by atoms with van der Waals surface area (Å²) in [5.74, 6) is -2.59. The maximum absolute atomic E-state index is 13.3. The summed E-state index contributed by atoms with van der Waals surface area (Å²) in [4.78, 5) is 14.9. The van der Waals surface area contributed by atoms with Gasteiger partial charge in [-0.2, -0.15) is 13.2 Å². The average molecular weight is 378 g/mol. The lowest BCUT2D eigenvalue weighted by Crippen LogP contribution is -2.53. The molecule has 0 aromatic heterocycles. The number of carbonyl (C=O) groups excluding carboxylic acids is 1. The molecule has 1 amide bonds. The molecule has 2 heterocycles. The molecule has 0 radical (unpaired) electrons. The smallest absolute Gasteiger partial charge is 0.381 e. The molecule has 3 fully saturated rings. The Balaban J connectivity index is 1.60. The standard InChI is InChI=1S/C18H29F3N2O3/c19-18(20,21)15-4-2-1-3-14(15)17(24)22-11-16(13-5-8-26-12-13)23-6-9-25-10-7-23/h13-16H,1-12H2,(H,22,24). The number of rotatable bonds is 5. The number of hydrogen-bond donors (Lipinski definition) is 1. The zero-order valence-corrected chi connectivity index (χ0v) is 15.1. The summed E-state index contributed by atoms with van der Waals surface area (Å²) in [5.41, 5.74) is 0. The second kappa shape index (κ2) is 8.89. The molecule has 150 valence electrons. The second-order valence-electron chi connectivity index (χ2n) is 7.62. The third kappa shape index (κ3) is 4.89. The van der Waals surface area contributed by atoms with Gasteiger partial charge in [0.2, 0.25) is 5.91 Å². The van der Waals surface area contributed by atoms with Gasteiger partial charge in [-0.05, 0) is 19.3 Å². The fraction of sp³-hybridized carbons (Fsp3) is 0.944. The molecule has 2 aliphatic heterocycles. The van der Waals surface area contributed by atoms with E-state index in [0.717, 1.165) is 19.5 Å². The van der Waals surface area contributed by atoms with Gasteiger partial charge < -0.3 is 14.8 Å². The molecule has 0 aromatic rings. The predicted molar refractivity (Wildman–Crippen MR) is 89.6 cm³/mol. The number of amides is 1. The summed E-state index contributed by atoms with van der Waals surface area (Å²) in [7, 11) is 0. The van der Waals surface area contributed by atoms with E-state index in [-0.39, 0.29) is 12.5 Å². The normalized spacial score (nSPS) is 32.3. The highest BCUT2D eigenvalue weighted by atomic mass is 19.4. The molecule has 1 aliphatic carbocycles. The van der Waals surface area contributed by atoms with Crippen molar-refractivity contribution in [1.82, 2.24) is 10.2 Å². The van der Waals surface area contributed by atoms with E-state index in [0.29, 0.717) is 58.2 Å². The van der Waals surface area contributed by atoms with Crippen LogP contribution in [0.1, 0.15) is 32.1 Å². The third-order valence-electron chi connectivity index (χ3n) is 6.03. The number of carbonyl (C=O) groups is 1. The van der Waals surface area contributed by atoms with Crippen LogP contribution in [0.2, 0.25) is 0 Å². The van der Waals surface area contributed by atoms with E-state index in [4.69, 9.17) is 9.47 Å².